The minimum absolute atomic E-state index is 0.0930. The van der Waals surface area contributed by atoms with Crippen LogP contribution in [0.4, 0.5) is 23.4 Å². The van der Waals surface area contributed by atoms with Gasteiger partial charge in [0.25, 0.3) is 5.56 Å². The topological polar surface area (TPSA) is 79.8 Å². The van der Waals surface area contributed by atoms with Gasteiger partial charge >= 0.3 is 0 Å². The first-order valence-electron chi connectivity index (χ1n) is 12.0. The number of carbonyl (C=O) groups is 1. The van der Waals surface area contributed by atoms with Gasteiger partial charge < -0.3 is 14.9 Å². The third-order valence-corrected chi connectivity index (χ3v) is 6.46. The first kappa shape index (κ1) is 25.9. The lowest BCUT2D eigenvalue weighted by molar-refractivity contribution is -0.118. The Bertz CT molecular complexity index is 1710. The van der Waals surface area contributed by atoms with Crippen molar-refractivity contribution in [1.29, 1.82) is 0 Å². The Morgan fingerprint density at radius 1 is 0.974 bits per heavy atom. The van der Waals surface area contributed by atoms with Crippen LogP contribution in [0.1, 0.15) is 17.9 Å². The summed E-state index contributed by atoms with van der Waals surface area (Å²) >= 11 is 0. The number of fused-ring (bicyclic) bond motifs is 1. The highest BCUT2D eigenvalue weighted by Crippen LogP contribution is 2.37. The summed E-state index contributed by atoms with van der Waals surface area (Å²) in [5, 5.41) is 2.99. The maximum atomic E-state index is 13.7. The Labute approximate surface area is 220 Å². The van der Waals surface area contributed by atoms with Gasteiger partial charge in [0.05, 0.1) is 22.5 Å². The van der Waals surface area contributed by atoms with Crippen LogP contribution in [0.2, 0.25) is 0 Å². The number of halogens is 4. The molecular formula is C29H22F4N4O2. The number of aryl methyl sites for hydroxylation is 1. The van der Waals surface area contributed by atoms with Crippen molar-refractivity contribution in [3.63, 3.8) is 0 Å². The number of alkyl halides is 2. The highest BCUT2D eigenvalue weighted by molar-refractivity contribution is 6.03. The van der Waals surface area contributed by atoms with Crippen LogP contribution in [0.5, 0.6) is 0 Å². The molecule has 39 heavy (non-hydrogen) atoms. The number of carbonyl (C=O) groups excluding carboxylic acids is 1. The second-order valence-electron chi connectivity index (χ2n) is 9.05. The number of benzene rings is 2. The molecule has 5 aromatic rings. The van der Waals surface area contributed by atoms with Gasteiger partial charge in [-0.25, -0.2) is 22.5 Å². The number of aromatic nitrogens is 3. The Hall–Kier alpha value is -4.73. The van der Waals surface area contributed by atoms with E-state index in [4.69, 9.17) is 0 Å². The molecule has 0 aliphatic heterocycles. The molecule has 6 nitrogen and oxygen atoms in total. The van der Waals surface area contributed by atoms with E-state index in [1.165, 1.54) is 35.0 Å². The number of pyridine rings is 2. The van der Waals surface area contributed by atoms with Crippen molar-refractivity contribution in [3.05, 3.63) is 107 Å². The predicted octanol–water partition coefficient (Wildman–Crippen LogP) is 6.25. The monoisotopic (exact) mass is 534 g/mol. The van der Waals surface area contributed by atoms with Crippen molar-refractivity contribution < 1.29 is 22.4 Å². The maximum Gasteiger partial charge on any atom is 0.260 e. The van der Waals surface area contributed by atoms with Crippen LogP contribution in [0, 0.1) is 11.6 Å². The van der Waals surface area contributed by atoms with Crippen molar-refractivity contribution in [2.75, 3.05) is 5.32 Å². The van der Waals surface area contributed by atoms with Gasteiger partial charge in [-0.3, -0.25) is 9.59 Å². The number of aromatic amines is 1. The molecule has 1 atom stereocenters. The van der Waals surface area contributed by atoms with Crippen LogP contribution < -0.4 is 10.9 Å². The molecule has 2 aromatic carbocycles. The second-order valence-corrected chi connectivity index (χ2v) is 9.05. The van der Waals surface area contributed by atoms with E-state index in [2.05, 4.69) is 15.3 Å². The molecule has 1 amide bonds. The number of hydrogen-bond acceptors (Lipinski definition) is 3. The van der Waals surface area contributed by atoms with Crippen LogP contribution in [0.15, 0.2) is 83.9 Å². The quantitative estimate of drug-likeness (QED) is 0.242. The molecule has 0 aliphatic carbocycles. The lowest BCUT2D eigenvalue weighted by Crippen LogP contribution is -2.23. The fourth-order valence-electron chi connectivity index (χ4n) is 4.55. The standard InChI is InChI=1S/C29H22F4N4O2/c1-37-13-11-22-26(29(37)39)25(17-4-8-20(31)9-5-17)27(35-22)18-10-12-34-24(14-18)36-28(38)21(15-23(32)33)16-2-6-19(30)7-3-16/h2-14,21,23,35H,15H2,1H3,(H,34,36,38)/t21-/m1/s1. The maximum absolute atomic E-state index is 13.7. The number of nitrogens with one attached hydrogen (secondary N) is 2. The smallest absolute Gasteiger partial charge is 0.260 e. The largest absolute Gasteiger partial charge is 0.354 e. The zero-order valence-corrected chi connectivity index (χ0v) is 20.6. The first-order chi connectivity index (χ1) is 18.7. The Balaban J connectivity index is 1.56. The molecule has 0 aliphatic rings. The fraction of sp³-hybridized carbons (Fsp3) is 0.138. The summed E-state index contributed by atoms with van der Waals surface area (Å²) < 4.78 is 55.1. The molecule has 0 saturated carbocycles. The number of amides is 1. The Morgan fingerprint density at radius 3 is 2.31 bits per heavy atom. The van der Waals surface area contributed by atoms with E-state index < -0.39 is 36.3 Å². The van der Waals surface area contributed by atoms with Gasteiger partial charge in [0, 0.05) is 37.0 Å². The van der Waals surface area contributed by atoms with Crippen LogP contribution in [0.3, 0.4) is 0 Å². The molecule has 3 heterocycles. The van der Waals surface area contributed by atoms with Gasteiger partial charge in [0.1, 0.15) is 17.5 Å². The van der Waals surface area contributed by atoms with E-state index >= 15 is 0 Å². The van der Waals surface area contributed by atoms with E-state index in [1.54, 1.807) is 43.6 Å². The average molecular weight is 535 g/mol. The number of nitrogens with zero attached hydrogens (tertiary/aromatic N) is 2. The number of rotatable bonds is 7. The minimum Gasteiger partial charge on any atom is -0.354 e. The summed E-state index contributed by atoms with van der Waals surface area (Å²) in [6, 6.07) is 15.5. The number of hydrogen-bond donors (Lipinski definition) is 2. The number of anilines is 1. The third-order valence-electron chi connectivity index (χ3n) is 6.46. The van der Waals surface area contributed by atoms with Gasteiger partial charge in [-0.15, -0.1) is 0 Å². The summed E-state index contributed by atoms with van der Waals surface area (Å²) in [5.41, 5.74) is 2.75. The molecule has 198 valence electrons. The summed E-state index contributed by atoms with van der Waals surface area (Å²) in [4.78, 5) is 33.5. The normalized spacial score (nSPS) is 12.2. The van der Waals surface area contributed by atoms with Crippen LogP contribution in [-0.4, -0.2) is 26.9 Å². The molecule has 0 saturated heterocycles. The molecule has 0 bridgehead atoms. The van der Waals surface area contributed by atoms with Crippen molar-refractivity contribution in [3.8, 4) is 22.4 Å². The van der Waals surface area contributed by atoms with Gasteiger partial charge in [-0.1, -0.05) is 24.3 Å². The highest BCUT2D eigenvalue weighted by Gasteiger charge is 2.26. The fourth-order valence-corrected chi connectivity index (χ4v) is 4.55. The Morgan fingerprint density at radius 2 is 1.64 bits per heavy atom. The average Bonchev–Trinajstić information content (AvgIpc) is 3.31. The molecule has 0 unspecified atom stereocenters. The van der Waals surface area contributed by atoms with Crippen LogP contribution >= 0.6 is 0 Å². The van der Waals surface area contributed by atoms with Crippen LogP contribution in [-0.2, 0) is 11.8 Å². The van der Waals surface area contributed by atoms with E-state index in [1.807, 2.05) is 0 Å². The van der Waals surface area contributed by atoms with Gasteiger partial charge in [0.2, 0.25) is 12.3 Å². The van der Waals surface area contributed by atoms with E-state index in [-0.39, 0.29) is 16.9 Å². The van der Waals surface area contributed by atoms with Crippen molar-refractivity contribution in [2.45, 2.75) is 18.8 Å². The molecule has 3 aromatic heterocycles. The zero-order chi connectivity index (χ0) is 27.7. The molecule has 0 spiro atoms. The lowest BCUT2D eigenvalue weighted by Gasteiger charge is -2.17. The van der Waals surface area contributed by atoms with Gasteiger partial charge in [-0.2, -0.15) is 0 Å². The zero-order valence-electron chi connectivity index (χ0n) is 20.6. The lowest BCUT2D eigenvalue weighted by atomic mass is 9.95. The molecule has 2 N–H and O–H groups in total. The summed E-state index contributed by atoms with van der Waals surface area (Å²) in [6.45, 7) is 0. The van der Waals surface area contributed by atoms with Crippen molar-refractivity contribution in [1.82, 2.24) is 14.5 Å². The predicted molar refractivity (Wildman–Crippen MR) is 141 cm³/mol. The van der Waals surface area contributed by atoms with E-state index in [0.717, 1.165) is 12.1 Å². The SMILES string of the molecule is Cn1ccc2[nH]c(-c3ccnc(NC(=O)[C@H](CC(F)F)c4ccc(F)cc4)c3)c(-c3ccc(F)cc3)c2c1=O. The van der Waals surface area contributed by atoms with Crippen molar-refractivity contribution >= 4 is 22.6 Å². The van der Waals surface area contributed by atoms with Gasteiger partial charge in [0.15, 0.2) is 0 Å². The third kappa shape index (κ3) is 5.31. The number of H-pyrrole nitrogens is 1. The molecule has 10 heteroatoms. The Kier molecular flexibility index (Phi) is 7.02. The van der Waals surface area contributed by atoms with Crippen molar-refractivity contribution in [2.24, 2.45) is 7.05 Å². The molecular weight excluding hydrogens is 512 g/mol. The minimum atomic E-state index is -2.77. The summed E-state index contributed by atoms with van der Waals surface area (Å²) in [7, 11) is 1.62. The molecule has 0 fully saturated rings. The summed E-state index contributed by atoms with van der Waals surface area (Å²) in [5.74, 6) is -2.84. The van der Waals surface area contributed by atoms with Gasteiger partial charge in [-0.05, 0) is 53.6 Å². The first-order valence-corrected chi connectivity index (χ1v) is 12.0. The second kappa shape index (κ2) is 10.6. The van der Waals surface area contributed by atoms with Crippen LogP contribution in [0.25, 0.3) is 33.3 Å². The summed E-state index contributed by atoms with van der Waals surface area (Å²) in [6.07, 6.45) is -0.464. The van der Waals surface area contributed by atoms with E-state index in [0.29, 0.717) is 33.3 Å². The molecule has 5 rings (SSSR count). The van der Waals surface area contributed by atoms with E-state index in [9.17, 15) is 27.2 Å². The highest BCUT2D eigenvalue weighted by atomic mass is 19.3. The molecule has 0 radical (unpaired) electrons.